The molecule has 2 N–H and O–H groups in total. The predicted octanol–water partition coefficient (Wildman–Crippen LogP) is 10.9. The zero-order valence-corrected chi connectivity index (χ0v) is 26.9. The van der Waals surface area contributed by atoms with Crippen LogP contribution in [0, 0.1) is 0 Å². The van der Waals surface area contributed by atoms with Gasteiger partial charge in [-0.25, -0.2) is 0 Å². The summed E-state index contributed by atoms with van der Waals surface area (Å²) in [5.41, 5.74) is 5.24. The molecule has 1 aromatic carbocycles. The Hall–Kier alpha value is -4.08. The van der Waals surface area contributed by atoms with Crippen LogP contribution in [0.4, 0.5) is 0 Å². The summed E-state index contributed by atoms with van der Waals surface area (Å²) in [4.78, 5) is 3.29. The fourth-order valence-electron chi connectivity index (χ4n) is 3.59. The molecule has 0 bridgehead atoms. The normalized spacial score (nSPS) is 13.4. The van der Waals surface area contributed by atoms with E-state index in [1.165, 1.54) is 11.1 Å². The number of nitrogens with zero attached hydrogens (tertiary/aromatic N) is 1. The lowest BCUT2D eigenvalue weighted by Gasteiger charge is -2.16. The molecule has 6 heteroatoms. The van der Waals surface area contributed by atoms with Crippen molar-refractivity contribution in [1.82, 2.24) is 15.2 Å². The average Bonchev–Trinajstić information content (AvgIpc) is 3.56. The second-order valence-corrected chi connectivity index (χ2v) is 12.0. The number of hydrogen-bond donors (Lipinski definition) is 2. The zero-order valence-electron chi connectivity index (χ0n) is 26.0. The third kappa shape index (κ3) is 13.5. The Bertz CT molecular complexity index is 1440. The van der Waals surface area contributed by atoms with E-state index in [-0.39, 0.29) is 0 Å². The summed E-state index contributed by atoms with van der Waals surface area (Å²) in [6, 6.07) is 7.81. The van der Waals surface area contributed by atoms with E-state index in [1.807, 2.05) is 87.7 Å². The molecule has 0 aliphatic heterocycles. The fourth-order valence-corrected chi connectivity index (χ4v) is 4.94. The monoisotopic (exact) mass is 585 g/mol. The summed E-state index contributed by atoms with van der Waals surface area (Å²) in [5.74, 6) is 0.614. The molecule has 0 radical (unpaired) electrons. The molecule has 1 atom stereocenters. The Labute approximate surface area is 253 Å². The molecule has 3 aromatic rings. The minimum Gasteiger partial charge on any atom is -0.443 e. The van der Waals surface area contributed by atoms with E-state index in [2.05, 4.69) is 60.1 Å². The van der Waals surface area contributed by atoms with Crippen molar-refractivity contribution in [3.05, 3.63) is 134 Å². The van der Waals surface area contributed by atoms with Crippen LogP contribution < -0.4 is 4.52 Å². The van der Waals surface area contributed by atoms with Crippen molar-refractivity contribution in [2.45, 2.75) is 47.0 Å². The number of aryl methyl sites for hydroxylation is 1. The maximum atomic E-state index is 13.1. The predicted molar refractivity (Wildman–Crippen MR) is 186 cm³/mol. The highest BCUT2D eigenvalue weighted by Gasteiger charge is 2.19. The first-order valence-corrected chi connectivity index (χ1v) is 16.5. The van der Waals surface area contributed by atoms with Crippen LogP contribution in [0.15, 0.2) is 129 Å². The van der Waals surface area contributed by atoms with Crippen LogP contribution in [0.3, 0.4) is 0 Å². The summed E-state index contributed by atoms with van der Waals surface area (Å²) < 4.78 is 19.0. The van der Waals surface area contributed by atoms with Crippen LogP contribution in [-0.2, 0) is 11.0 Å². The van der Waals surface area contributed by atoms with Gasteiger partial charge < -0.3 is 9.51 Å². The average molecular weight is 586 g/mol. The molecule has 42 heavy (non-hydrogen) atoms. The molecule has 1 aliphatic rings. The molecule has 2 aromatic heterocycles. The van der Waals surface area contributed by atoms with E-state index in [1.54, 1.807) is 24.9 Å². The number of H-pyrrole nitrogens is 2. The molecule has 0 amide bonds. The lowest BCUT2D eigenvalue weighted by molar-refractivity contribution is 0.487. The summed E-state index contributed by atoms with van der Waals surface area (Å²) in [7, 11) is -2.77. The molecule has 224 valence electrons. The van der Waals surface area contributed by atoms with Gasteiger partial charge in [-0.05, 0) is 69.9 Å². The van der Waals surface area contributed by atoms with Crippen molar-refractivity contribution < 1.29 is 9.09 Å². The van der Waals surface area contributed by atoms with Crippen molar-refractivity contribution in [1.29, 1.82) is 0 Å². The van der Waals surface area contributed by atoms with Gasteiger partial charge in [0.25, 0.3) is 0 Å². The number of aromatic nitrogens is 3. The Morgan fingerprint density at radius 1 is 1.00 bits per heavy atom. The van der Waals surface area contributed by atoms with Gasteiger partial charge in [0, 0.05) is 24.4 Å². The topological polar surface area (TPSA) is 70.8 Å². The SMILES string of the molecule is C/C=C\C.C=C/C=C\C.C=CC=C.CCc1c[nH]c(-c2n[nH]c3ccc(OP(C)(=O)CCC4=CC=CC=CC4)cc23)c1. The van der Waals surface area contributed by atoms with Crippen molar-refractivity contribution in [3.8, 4) is 17.1 Å². The molecule has 0 saturated carbocycles. The molecule has 0 fully saturated rings. The molecule has 1 aliphatic carbocycles. The number of aromatic amines is 2. The van der Waals surface area contributed by atoms with Crippen LogP contribution >= 0.6 is 7.37 Å². The van der Waals surface area contributed by atoms with Crippen LogP contribution in [-0.4, -0.2) is 28.0 Å². The third-order valence-corrected chi connectivity index (χ3v) is 7.61. The fraction of sp³-hybridized carbons (Fsp3) is 0.250. The van der Waals surface area contributed by atoms with Gasteiger partial charge in [-0.2, -0.15) is 5.10 Å². The molecule has 4 rings (SSSR count). The highest BCUT2D eigenvalue weighted by atomic mass is 31.2. The summed E-state index contributed by atoms with van der Waals surface area (Å²) >= 11 is 0. The van der Waals surface area contributed by atoms with Crippen molar-refractivity contribution in [2.75, 3.05) is 12.8 Å². The Morgan fingerprint density at radius 2 is 1.74 bits per heavy atom. The minimum atomic E-state index is -2.77. The van der Waals surface area contributed by atoms with Crippen LogP contribution in [0.1, 0.15) is 46.1 Å². The maximum absolute atomic E-state index is 13.1. The zero-order chi connectivity index (χ0) is 31.2. The van der Waals surface area contributed by atoms with E-state index in [0.29, 0.717) is 11.9 Å². The summed E-state index contributed by atoms with van der Waals surface area (Å²) in [5, 5.41) is 8.47. The molecule has 5 nitrogen and oxygen atoms in total. The smallest absolute Gasteiger partial charge is 0.245 e. The summed E-state index contributed by atoms with van der Waals surface area (Å²) in [6.07, 6.45) is 28.3. The molecule has 2 heterocycles. The Balaban J connectivity index is 0.000000573. The van der Waals surface area contributed by atoms with Gasteiger partial charge in [0.2, 0.25) is 7.37 Å². The number of nitrogens with one attached hydrogen (secondary N) is 2. The largest absolute Gasteiger partial charge is 0.443 e. The first-order chi connectivity index (χ1) is 20.3. The molecule has 0 saturated heterocycles. The van der Waals surface area contributed by atoms with Crippen LogP contribution in [0.25, 0.3) is 22.3 Å². The van der Waals surface area contributed by atoms with Gasteiger partial charge in [-0.3, -0.25) is 9.66 Å². The third-order valence-electron chi connectivity index (χ3n) is 5.98. The van der Waals surface area contributed by atoms with Crippen molar-refractivity contribution in [2.24, 2.45) is 0 Å². The molecule has 0 spiro atoms. The number of benzene rings is 1. The number of hydrogen-bond acceptors (Lipinski definition) is 3. The van der Waals surface area contributed by atoms with Crippen molar-refractivity contribution >= 4 is 18.3 Å². The van der Waals surface area contributed by atoms with Crippen LogP contribution in [0.2, 0.25) is 0 Å². The number of allylic oxidation sites excluding steroid dienone is 13. The van der Waals surface area contributed by atoms with E-state index >= 15 is 0 Å². The van der Waals surface area contributed by atoms with E-state index < -0.39 is 7.37 Å². The molecular formula is C36H48N3O2P. The quantitative estimate of drug-likeness (QED) is 0.149. The highest BCUT2D eigenvalue weighted by Crippen LogP contribution is 2.45. The van der Waals surface area contributed by atoms with Gasteiger partial charge in [0.15, 0.2) is 0 Å². The van der Waals surface area contributed by atoms with Gasteiger partial charge in [0.1, 0.15) is 11.4 Å². The van der Waals surface area contributed by atoms with Gasteiger partial charge in [-0.15, -0.1) is 0 Å². The van der Waals surface area contributed by atoms with Gasteiger partial charge in [0.05, 0.1) is 11.2 Å². The number of fused-ring (bicyclic) bond motifs is 1. The maximum Gasteiger partial charge on any atom is 0.245 e. The van der Waals surface area contributed by atoms with Gasteiger partial charge in [-0.1, -0.05) is 105 Å². The first-order valence-electron chi connectivity index (χ1n) is 14.3. The van der Waals surface area contributed by atoms with E-state index in [4.69, 9.17) is 4.52 Å². The molecular weight excluding hydrogens is 537 g/mol. The number of rotatable bonds is 9. The Kier molecular flexibility index (Phi) is 17.8. The minimum absolute atomic E-state index is 0.521. The second-order valence-electron chi connectivity index (χ2n) is 9.38. The van der Waals surface area contributed by atoms with Crippen LogP contribution in [0.5, 0.6) is 5.75 Å². The van der Waals surface area contributed by atoms with E-state index in [9.17, 15) is 4.57 Å². The Morgan fingerprint density at radius 3 is 2.31 bits per heavy atom. The van der Waals surface area contributed by atoms with E-state index in [0.717, 1.165) is 41.6 Å². The van der Waals surface area contributed by atoms with Gasteiger partial charge >= 0.3 is 0 Å². The summed E-state index contributed by atoms with van der Waals surface area (Å²) in [6.45, 7) is 20.0. The lowest BCUT2D eigenvalue weighted by atomic mass is 10.1. The first kappa shape index (κ1) is 35.9. The lowest BCUT2D eigenvalue weighted by Crippen LogP contribution is -1.98. The second kappa shape index (κ2) is 20.7. The van der Waals surface area contributed by atoms with Crippen molar-refractivity contribution in [3.63, 3.8) is 0 Å². The highest BCUT2D eigenvalue weighted by molar-refractivity contribution is 7.58. The standard InChI is InChI=1S/C23H26N3O2P.C5H8.C4H8.C4H6/c1-3-17-14-22(24-16-17)23-20-15-19(10-11-21(20)25-26-23)28-29(2,27)13-12-18-8-6-4-5-7-9-18;1-3-5-4-2;2*1-3-4-2/h4-8,10-11,14-16,24H,3,9,12-13H2,1-2H3,(H,25,26);3-5H,1H2,2H3;3-4H,1-2H3;3-4H,1-2H2/b;5-4-;4-3-;. The molecule has 1 unspecified atom stereocenters.